The average Bonchev–Trinajstić information content (AvgIpc) is 2.53. The number of nitrogens with one attached hydrogen (secondary N) is 2. The van der Waals surface area contributed by atoms with Gasteiger partial charge in [0, 0.05) is 19.0 Å². The lowest BCUT2D eigenvalue weighted by molar-refractivity contribution is -0.114. The number of anilines is 1. The highest BCUT2D eigenvalue weighted by atomic mass is 19.1. The molecule has 0 aromatic heterocycles. The number of benzene rings is 2. The average molecular weight is 316 g/mol. The van der Waals surface area contributed by atoms with Gasteiger partial charge in [0.1, 0.15) is 11.6 Å². The van der Waals surface area contributed by atoms with Gasteiger partial charge < -0.3 is 15.4 Å². The SMILES string of the molecule is COc1ccc(C(=O)NCc2ccc(F)cc2)cc1NC(C)=O. The van der Waals surface area contributed by atoms with Crippen LogP contribution in [0.1, 0.15) is 22.8 Å². The molecule has 0 saturated carbocycles. The molecular weight excluding hydrogens is 299 g/mol. The molecule has 2 aromatic rings. The Labute approximate surface area is 133 Å². The zero-order chi connectivity index (χ0) is 16.8. The Kier molecular flexibility index (Phi) is 5.30. The molecule has 0 fully saturated rings. The van der Waals surface area contributed by atoms with Gasteiger partial charge in [-0.1, -0.05) is 12.1 Å². The Morgan fingerprint density at radius 2 is 1.83 bits per heavy atom. The first-order valence-electron chi connectivity index (χ1n) is 6.98. The van der Waals surface area contributed by atoms with Crippen LogP contribution in [0.2, 0.25) is 0 Å². The third-order valence-corrected chi connectivity index (χ3v) is 3.14. The molecule has 0 saturated heterocycles. The number of ether oxygens (including phenoxy) is 1. The molecule has 6 heteroatoms. The van der Waals surface area contributed by atoms with Crippen molar-refractivity contribution >= 4 is 17.5 Å². The maximum absolute atomic E-state index is 12.8. The number of hydrogen-bond donors (Lipinski definition) is 2. The van der Waals surface area contributed by atoms with Crippen molar-refractivity contribution in [1.29, 1.82) is 0 Å². The lowest BCUT2D eigenvalue weighted by atomic mass is 10.1. The fraction of sp³-hybridized carbons (Fsp3) is 0.176. The third kappa shape index (κ3) is 4.54. The third-order valence-electron chi connectivity index (χ3n) is 3.14. The Hall–Kier alpha value is -2.89. The molecule has 120 valence electrons. The van der Waals surface area contributed by atoms with E-state index in [9.17, 15) is 14.0 Å². The van der Waals surface area contributed by atoms with E-state index in [1.54, 1.807) is 30.3 Å². The standard InChI is InChI=1S/C17H17FN2O3/c1-11(21)20-15-9-13(5-8-16(15)23-2)17(22)19-10-12-3-6-14(18)7-4-12/h3-9H,10H2,1-2H3,(H,19,22)(H,20,21). The summed E-state index contributed by atoms with van der Waals surface area (Å²) >= 11 is 0. The minimum Gasteiger partial charge on any atom is -0.495 e. The van der Waals surface area contributed by atoms with Crippen molar-refractivity contribution in [2.24, 2.45) is 0 Å². The number of rotatable bonds is 5. The van der Waals surface area contributed by atoms with E-state index in [4.69, 9.17) is 4.74 Å². The van der Waals surface area contributed by atoms with Crippen molar-refractivity contribution < 1.29 is 18.7 Å². The summed E-state index contributed by atoms with van der Waals surface area (Å²) in [6.45, 7) is 1.65. The smallest absolute Gasteiger partial charge is 0.251 e. The van der Waals surface area contributed by atoms with Crippen LogP contribution in [-0.4, -0.2) is 18.9 Å². The summed E-state index contributed by atoms with van der Waals surface area (Å²) < 4.78 is 18.0. The zero-order valence-electron chi connectivity index (χ0n) is 12.9. The summed E-state index contributed by atoms with van der Waals surface area (Å²) in [5, 5.41) is 5.35. The summed E-state index contributed by atoms with van der Waals surface area (Å²) in [6, 6.07) is 10.6. The van der Waals surface area contributed by atoms with Gasteiger partial charge in [-0.3, -0.25) is 9.59 Å². The predicted octanol–water partition coefficient (Wildman–Crippen LogP) is 2.72. The number of methoxy groups -OCH3 is 1. The van der Waals surface area contributed by atoms with Crippen LogP contribution >= 0.6 is 0 Å². The molecule has 0 spiro atoms. The quantitative estimate of drug-likeness (QED) is 0.891. The first-order chi connectivity index (χ1) is 11.0. The van der Waals surface area contributed by atoms with Gasteiger partial charge >= 0.3 is 0 Å². The second-order valence-corrected chi connectivity index (χ2v) is 4.91. The van der Waals surface area contributed by atoms with E-state index in [0.29, 0.717) is 17.0 Å². The highest BCUT2D eigenvalue weighted by Crippen LogP contribution is 2.25. The molecule has 0 aliphatic rings. The minimum atomic E-state index is -0.324. The van der Waals surface area contributed by atoms with Crippen LogP contribution in [0.3, 0.4) is 0 Å². The largest absolute Gasteiger partial charge is 0.495 e. The number of carbonyl (C=O) groups is 2. The number of hydrogen-bond acceptors (Lipinski definition) is 3. The molecule has 0 bridgehead atoms. The van der Waals surface area contributed by atoms with Crippen LogP contribution in [0.15, 0.2) is 42.5 Å². The van der Waals surface area contributed by atoms with E-state index in [2.05, 4.69) is 10.6 Å². The molecule has 0 radical (unpaired) electrons. The zero-order valence-corrected chi connectivity index (χ0v) is 12.9. The van der Waals surface area contributed by atoms with Crippen LogP contribution < -0.4 is 15.4 Å². The molecule has 2 N–H and O–H groups in total. The lowest BCUT2D eigenvalue weighted by Gasteiger charge is -2.11. The minimum absolute atomic E-state index is 0.257. The lowest BCUT2D eigenvalue weighted by Crippen LogP contribution is -2.23. The maximum Gasteiger partial charge on any atom is 0.251 e. The van der Waals surface area contributed by atoms with Crippen LogP contribution in [0, 0.1) is 5.82 Å². The van der Waals surface area contributed by atoms with Crippen molar-refractivity contribution in [2.75, 3.05) is 12.4 Å². The number of halogens is 1. The Morgan fingerprint density at radius 3 is 2.43 bits per heavy atom. The predicted molar refractivity (Wildman–Crippen MR) is 84.9 cm³/mol. The summed E-state index contributed by atoms with van der Waals surface area (Å²) in [4.78, 5) is 23.4. The molecule has 0 heterocycles. The molecule has 23 heavy (non-hydrogen) atoms. The van der Waals surface area contributed by atoms with Gasteiger partial charge in [0.15, 0.2) is 0 Å². The van der Waals surface area contributed by atoms with Crippen LogP contribution in [0.25, 0.3) is 0 Å². The van der Waals surface area contributed by atoms with E-state index < -0.39 is 0 Å². The van der Waals surface area contributed by atoms with Gasteiger partial charge in [-0.05, 0) is 35.9 Å². The van der Waals surface area contributed by atoms with E-state index in [1.807, 2.05) is 0 Å². The molecule has 0 aliphatic heterocycles. The van der Waals surface area contributed by atoms with Gasteiger partial charge in [-0.15, -0.1) is 0 Å². The van der Waals surface area contributed by atoms with Crippen molar-refractivity contribution in [3.8, 4) is 5.75 Å². The van der Waals surface area contributed by atoms with E-state index in [1.165, 1.54) is 26.2 Å². The van der Waals surface area contributed by atoms with Crippen molar-refractivity contribution in [3.63, 3.8) is 0 Å². The molecular formula is C17H17FN2O3. The normalized spacial score (nSPS) is 10.0. The Bertz CT molecular complexity index is 714. The molecule has 0 unspecified atom stereocenters. The summed E-state index contributed by atoms with van der Waals surface area (Å²) in [5.74, 6) is -0.416. The summed E-state index contributed by atoms with van der Waals surface area (Å²) in [5.41, 5.74) is 1.60. The highest BCUT2D eigenvalue weighted by Gasteiger charge is 2.11. The molecule has 5 nitrogen and oxygen atoms in total. The first-order valence-corrected chi connectivity index (χ1v) is 6.98. The van der Waals surface area contributed by atoms with Gasteiger partial charge in [-0.2, -0.15) is 0 Å². The number of carbonyl (C=O) groups excluding carboxylic acids is 2. The molecule has 0 aliphatic carbocycles. The van der Waals surface area contributed by atoms with Gasteiger partial charge in [0.2, 0.25) is 5.91 Å². The molecule has 0 atom stereocenters. The summed E-state index contributed by atoms with van der Waals surface area (Å²) in [7, 11) is 1.48. The first kappa shape index (κ1) is 16.5. The monoisotopic (exact) mass is 316 g/mol. The Morgan fingerprint density at radius 1 is 1.13 bits per heavy atom. The van der Waals surface area contributed by atoms with E-state index >= 15 is 0 Å². The van der Waals surface area contributed by atoms with Crippen LogP contribution in [-0.2, 0) is 11.3 Å². The van der Waals surface area contributed by atoms with Crippen molar-refractivity contribution in [3.05, 3.63) is 59.4 Å². The number of amides is 2. The van der Waals surface area contributed by atoms with E-state index in [-0.39, 0.29) is 24.2 Å². The fourth-order valence-corrected chi connectivity index (χ4v) is 2.02. The van der Waals surface area contributed by atoms with Crippen LogP contribution in [0.5, 0.6) is 5.75 Å². The van der Waals surface area contributed by atoms with E-state index in [0.717, 1.165) is 5.56 Å². The van der Waals surface area contributed by atoms with Crippen molar-refractivity contribution in [1.82, 2.24) is 5.32 Å². The second-order valence-electron chi connectivity index (χ2n) is 4.91. The fourth-order valence-electron chi connectivity index (χ4n) is 2.02. The Balaban J connectivity index is 2.09. The topological polar surface area (TPSA) is 67.4 Å². The van der Waals surface area contributed by atoms with Crippen molar-refractivity contribution in [2.45, 2.75) is 13.5 Å². The molecule has 2 amide bonds. The second kappa shape index (κ2) is 7.40. The van der Waals surface area contributed by atoms with Gasteiger partial charge in [0.05, 0.1) is 12.8 Å². The van der Waals surface area contributed by atoms with Gasteiger partial charge in [-0.25, -0.2) is 4.39 Å². The molecule has 2 aromatic carbocycles. The molecule has 2 rings (SSSR count). The maximum atomic E-state index is 12.8. The summed E-state index contributed by atoms with van der Waals surface area (Å²) in [6.07, 6.45) is 0. The van der Waals surface area contributed by atoms with Gasteiger partial charge in [0.25, 0.3) is 5.91 Å². The highest BCUT2D eigenvalue weighted by molar-refractivity contribution is 5.97. The van der Waals surface area contributed by atoms with Crippen LogP contribution in [0.4, 0.5) is 10.1 Å².